The minimum absolute atomic E-state index is 0.656. The second-order valence-electron chi connectivity index (χ2n) is 4.35. The maximum absolute atomic E-state index is 3.27. The second kappa shape index (κ2) is 7.75. The van der Waals surface area contributed by atoms with E-state index in [1.165, 1.54) is 35.5 Å². The fourth-order valence-corrected chi connectivity index (χ4v) is 2.62. The van der Waals surface area contributed by atoms with Crippen molar-refractivity contribution in [3.63, 3.8) is 0 Å². The number of hydrogen-bond donors (Lipinski definition) is 1. The first-order valence-corrected chi connectivity index (χ1v) is 7.07. The molecule has 0 radical (unpaired) electrons. The van der Waals surface area contributed by atoms with Gasteiger partial charge in [0, 0.05) is 10.9 Å². The quantitative estimate of drug-likeness (QED) is 0.571. The van der Waals surface area contributed by atoms with Crippen molar-refractivity contribution >= 4 is 11.8 Å². The zero-order valence-electron chi connectivity index (χ0n) is 10.6. The van der Waals surface area contributed by atoms with Crippen molar-refractivity contribution in [3.8, 4) is 0 Å². The van der Waals surface area contributed by atoms with Gasteiger partial charge in [-0.25, -0.2) is 0 Å². The maximum atomic E-state index is 3.27. The van der Waals surface area contributed by atoms with Gasteiger partial charge in [-0.2, -0.15) is 0 Å². The van der Waals surface area contributed by atoms with Crippen molar-refractivity contribution in [2.24, 2.45) is 0 Å². The molecule has 0 heterocycles. The first-order valence-electron chi connectivity index (χ1n) is 6.09. The standard InChI is InChI=1S/C14H23NS/c1-12-7-6-9-14(11-12)16-10-5-4-8-13(2)15-3/h6-7,9,11,13,15H,4-5,8,10H2,1-3H3. The summed E-state index contributed by atoms with van der Waals surface area (Å²) in [5.41, 5.74) is 1.36. The van der Waals surface area contributed by atoms with Crippen LogP contribution in [-0.2, 0) is 0 Å². The third kappa shape index (κ3) is 5.57. The summed E-state index contributed by atoms with van der Waals surface area (Å²) < 4.78 is 0. The van der Waals surface area contributed by atoms with Crippen LogP contribution in [0.15, 0.2) is 29.2 Å². The molecule has 1 unspecified atom stereocenters. The molecule has 0 aliphatic heterocycles. The lowest BCUT2D eigenvalue weighted by molar-refractivity contribution is 0.539. The van der Waals surface area contributed by atoms with E-state index in [-0.39, 0.29) is 0 Å². The summed E-state index contributed by atoms with van der Waals surface area (Å²) in [5.74, 6) is 1.24. The number of thioether (sulfide) groups is 1. The molecule has 1 nitrogen and oxygen atoms in total. The SMILES string of the molecule is CNC(C)CCCCSc1cccc(C)c1. The van der Waals surface area contributed by atoms with Crippen LogP contribution in [0.1, 0.15) is 31.7 Å². The van der Waals surface area contributed by atoms with E-state index in [0.29, 0.717) is 6.04 Å². The van der Waals surface area contributed by atoms with Crippen molar-refractivity contribution in [3.05, 3.63) is 29.8 Å². The molecule has 1 N–H and O–H groups in total. The Morgan fingerprint density at radius 3 is 2.81 bits per heavy atom. The molecule has 1 aromatic carbocycles. The van der Waals surface area contributed by atoms with Crippen molar-refractivity contribution in [2.45, 2.75) is 44.0 Å². The zero-order valence-corrected chi connectivity index (χ0v) is 11.4. The minimum Gasteiger partial charge on any atom is -0.317 e. The van der Waals surface area contributed by atoms with Gasteiger partial charge in [-0.15, -0.1) is 11.8 Å². The maximum Gasteiger partial charge on any atom is 0.00745 e. The molecule has 90 valence electrons. The lowest BCUT2D eigenvalue weighted by atomic mass is 10.1. The Bertz CT molecular complexity index is 299. The Kier molecular flexibility index (Phi) is 6.58. The summed E-state index contributed by atoms with van der Waals surface area (Å²) in [5, 5.41) is 3.27. The van der Waals surface area contributed by atoms with E-state index in [2.05, 4.69) is 43.4 Å². The van der Waals surface area contributed by atoms with Gasteiger partial charge < -0.3 is 5.32 Å². The van der Waals surface area contributed by atoms with Gasteiger partial charge >= 0.3 is 0 Å². The van der Waals surface area contributed by atoms with E-state index in [0.717, 1.165) is 0 Å². The van der Waals surface area contributed by atoms with Crippen molar-refractivity contribution in [1.29, 1.82) is 0 Å². The molecule has 0 amide bonds. The van der Waals surface area contributed by atoms with Crippen LogP contribution >= 0.6 is 11.8 Å². The van der Waals surface area contributed by atoms with E-state index < -0.39 is 0 Å². The fourth-order valence-electron chi connectivity index (χ4n) is 1.59. The summed E-state index contributed by atoms with van der Waals surface area (Å²) in [6, 6.07) is 9.41. The van der Waals surface area contributed by atoms with Crippen LogP contribution in [0.25, 0.3) is 0 Å². The highest BCUT2D eigenvalue weighted by atomic mass is 32.2. The molecule has 0 saturated heterocycles. The highest BCUT2D eigenvalue weighted by molar-refractivity contribution is 7.99. The summed E-state index contributed by atoms with van der Waals surface area (Å²) in [7, 11) is 2.03. The predicted octanol–water partition coefficient (Wildman–Crippen LogP) is 3.87. The Balaban J connectivity index is 2.12. The monoisotopic (exact) mass is 237 g/mol. The third-order valence-corrected chi connectivity index (χ3v) is 3.86. The molecule has 16 heavy (non-hydrogen) atoms. The number of nitrogens with one attached hydrogen (secondary N) is 1. The van der Waals surface area contributed by atoms with E-state index in [4.69, 9.17) is 0 Å². The molecule has 1 aromatic rings. The topological polar surface area (TPSA) is 12.0 Å². The van der Waals surface area contributed by atoms with Crippen LogP contribution in [0.3, 0.4) is 0 Å². The Morgan fingerprint density at radius 1 is 1.31 bits per heavy atom. The van der Waals surface area contributed by atoms with Crippen molar-refractivity contribution < 1.29 is 0 Å². The molecule has 0 spiro atoms. The predicted molar refractivity (Wildman–Crippen MR) is 74.3 cm³/mol. The molecule has 0 fully saturated rings. The fraction of sp³-hybridized carbons (Fsp3) is 0.571. The first-order chi connectivity index (χ1) is 7.72. The summed E-state index contributed by atoms with van der Waals surface area (Å²) in [6.07, 6.45) is 3.91. The average molecular weight is 237 g/mol. The highest BCUT2D eigenvalue weighted by Crippen LogP contribution is 2.20. The van der Waals surface area contributed by atoms with Gasteiger partial charge in [0.2, 0.25) is 0 Å². The van der Waals surface area contributed by atoms with E-state index >= 15 is 0 Å². The van der Waals surface area contributed by atoms with E-state index in [1.807, 2.05) is 18.8 Å². The number of aryl methyl sites for hydroxylation is 1. The van der Waals surface area contributed by atoms with Gasteiger partial charge in [0.25, 0.3) is 0 Å². The molecule has 0 aromatic heterocycles. The average Bonchev–Trinajstić information content (AvgIpc) is 2.28. The van der Waals surface area contributed by atoms with Crippen molar-refractivity contribution in [2.75, 3.05) is 12.8 Å². The normalized spacial score (nSPS) is 12.7. The number of unbranched alkanes of at least 4 members (excludes halogenated alkanes) is 1. The van der Waals surface area contributed by atoms with Gasteiger partial charge in [0.15, 0.2) is 0 Å². The molecule has 0 bridgehead atoms. The van der Waals surface area contributed by atoms with Gasteiger partial charge in [-0.3, -0.25) is 0 Å². The molecular weight excluding hydrogens is 214 g/mol. The number of rotatable bonds is 7. The Morgan fingerprint density at radius 2 is 2.12 bits per heavy atom. The van der Waals surface area contributed by atoms with Gasteiger partial charge in [-0.05, 0) is 51.6 Å². The van der Waals surface area contributed by atoms with Crippen LogP contribution in [-0.4, -0.2) is 18.8 Å². The van der Waals surface area contributed by atoms with Crippen LogP contribution in [0, 0.1) is 6.92 Å². The number of benzene rings is 1. The third-order valence-electron chi connectivity index (χ3n) is 2.78. The lowest BCUT2D eigenvalue weighted by Crippen LogP contribution is -2.20. The summed E-state index contributed by atoms with van der Waals surface area (Å²) in [4.78, 5) is 1.40. The lowest BCUT2D eigenvalue weighted by Gasteiger charge is -2.09. The number of hydrogen-bond acceptors (Lipinski definition) is 2. The van der Waals surface area contributed by atoms with Crippen LogP contribution < -0.4 is 5.32 Å². The van der Waals surface area contributed by atoms with Crippen molar-refractivity contribution in [1.82, 2.24) is 5.32 Å². The summed E-state index contributed by atoms with van der Waals surface area (Å²) >= 11 is 1.97. The summed E-state index contributed by atoms with van der Waals surface area (Å²) in [6.45, 7) is 4.40. The van der Waals surface area contributed by atoms with Gasteiger partial charge in [-0.1, -0.05) is 24.1 Å². The first kappa shape index (κ1) is 13.6. The van der Waals surface area contributed by atoms with Gasteiger partial charge in [0.05, 0.1) is 0 Å². The second-order valence-corrected chi connectivity index (χ2v) is 5.52. The largest absolute Gasteiger partial charge is 0.317 e. The van der Waals surface area contributed by atoms with E-state index in [9.17, 15) is 0 Å². The van der Waals surface area contributed by atoms with Crippen LogP contribution in [0.4, 0.5) is 0 Å². The van der Waals surface area contributed by atoms with Gasteiger partial charge in [0.1, 0.15) is 0 Å². The molecule has 1 atom stereocenters. The molecular formula is C14H23NS. The van der Waals surface area contributed by atoms with Crippen LogP contribution in [0.2, 0.25) is 0 Å². The zero-order chi connectivity index (χ0) is 11.8. The molecule has 0 saturated carbocycles. The van der Waals surface area contributed by atoms with E-state index in [1.54, 1.807) is 0 Å². The Labute approximate surface area is 104 Å². The molecule has 0 aliphatic rings. The molecule has 1 rings (SSSR count). The smallest absolute Gasteiger partial charge is 0.00745 e. The van der Waals surface area contributed by atoms with Crippen LogP contribution in [0.5, 0.6) is 0 Å². The molecule has 2 heteroatoms. The molecule has 0 aliphatic carbocycles. The Hall–Kier alpha value is -0.470. The minimum atomic E-state index is 0.656. The highest BCUT2D eigenvalue weighted by Gasteiger charge is 1.98.